The van der Waals surface area contributed by atoms with Crippen LogP contribution in [0.2, 0.25) is 0 Å². The van der Waals surface area contributed by atoms with Crippen molar-refractivity contribution in [2.45, 2.75) is 19.3 Å². The number of Topliss-reactive ketones (excluding diaryl/α,β-unsaturated/α-hetero) is 1. The van der Waals surface area contributed by atoms with Crippen LogP contribution in [0.15, 0.2) is 53.4 Å². The standard InChI is InChI=1S/C24H22N2O5S2/c1-3-14-19(23(28)24(25)29)22-15(31-13-18(27)30-2)7-4-10-26(22)21(14)20(16-8-5-11-32-16)17-9-6-12-33-17/h4-12,20H,3,13H2,1-2H3,(H2,25,29). The fourth-order valence-electron chi connectivity index (χ4n) is 4.02. The lowest BCUT2D eigenvalue weighted by molar-refractivity contribution is -0.142. The predicted octanol–water partition coefficient (Wildman–Crippen LogP) is 4.02. The molecule has 9 heteroatoms. The van der Waals surface area contributed by atoms with Gasteiger partial charge in [0.05, 0.1) is 24.1 Å². The molecule has 0 aliphatic heterocycles. The number of carbonyl (C=O) groups is 3. The van der Waals surface area contributed by atoms with E-state index in [4.69, 9.17) is 10.5 Å². The third-order valence-electron chi connectivity index (χ3n) is 5.37. The lowest BCUT2D eigenvalue weighted by Crippen LogP contribution is -2.24. The molecule has 33 heavy (non-hydrogen) atoms. The van der Waals surface area contributed by atoms with E-state index in [1.165, 1.54) is 7.11 Å². The molecule has 4 aromatic rings. The predicted molar refractivity (Wildman–Crippen MR) is 127 cm³/mol. The molecule has 2 N–H and O–H groups in total. The summed E-state index contributed by atoms with van der Waals surface area (Å²) in [5, 5.41) is 4.02. The minimum atomic E-state index is -1.05. The zero-order valence-corrected chi connectivity index (χ0v) is 19.7. The van der Waals surface area contributed by atoms with Crippen molar-refractivity contribution in [1.82, 2.24) is 4.40 Å². The molecule has 0 fully saturated rings. The number of thiophene rings is 2. The van der Waals surface area contributed by atoms with Crippen molar-refractivity contribution >= 4 is 45.9 Å². The Kier molecular flexibility index (Phi) is 6.62. The molecule has 4 rings (SSSR count). The molecule has 0 aromatic carbocycles. The van der Waals surface area contributed by atoms with Crippen molar-refractivity contribution in [2.75, 3.05) is 13.7 Å². The molecule has 0 saturated carbocycles. The smallest absolute Gasteiger partial charge is 0.343 e. The highest BCUT2D eigenvalue weighted by Gasteiger charge is 2.33. The average Bonchev–Trinajstić information content (AvgIpc) is 3.58. The topological polar surface area (TPSA) is 100 Å². The molecule has 0 unspecified atom stereocenters. The first-order valence-electron chi connectivity index (χ1n) is 10.2. The number of amides is 1. The van der Waals surface area contributed by atoms with Gasteiger partial charge < -0.3 is 19.6 Å². The van der Waals surface area contributed by atoms with Gasteiger partial charge in [0.25, 0.3) is 11.7 Å². The number of methoxy groups -OCH3 is 1. The average molecular weight is 483 g/mol. The molecule has 0 spiro atoms. The van der Waals surface area contributed by atoms with Crippen LogP contribution in [0.5, 0.6) is 5.75 Å². The lowest BCUT2D eigenvalue weighted by Gasteiger charge is -2.17. The van der Waals surface area contributed by atoms with Crippen LogP contribution in [-0.2, 0) is 20.7 Å². The van der Waals surface area contributed by atoms with Crippen molar-refractivity contribution in [3.05, 3.63) is 79.9 Å². The third kappa shape index (κ3) is 4.17. The summed E-state index contributed by atoms with van der Waals surface area (Å²) in [7, 11) is 1.27. The van der Waals surface area contributed by atoms with Crippen molar-refractivity contribution in [1.29, 1.82) is 0 Å². The van der Waals surface area contributed by atoms with Gasteiger partial charge in [-0.05, 0) is 47.0 Å². The summed E-state index contributed by atoms with van der Waals surface area (Å²) in [5.74, 6) is -2.25. The van der Waals surface area contributed by atoms with Crippen LogP contribution in [0.25, 0.3) is 5.52 Å². The Bertz CT molecular complexity index is 1270. The van der Waals surface area contributed by atoms with Crippen LogP contribution in [0.1, 0.15) is 44.2 Å². The fourth-order valence-corrected chi connectivity index (χ4v) is 5.79. The number of hydrogen-bond acceptors (Lipinski definition) is 7. The second kappa shape index (κ2) is 9.60. The SMILES string of the molecule is CCc1c(C(=O)C(N)=O)c2c(OCC(=O)OC)cccn2c1C(c1cccs1)c1cccs1. The number of ether oxygens (including phenoxy) is 2. The summed E-state index contributed by atoms with van der Waals surface area (Å²) in [5.41, 5.74) is 7.65. The number of nitrogens with two attached hydrogens (primary N) is 1. The second-order valence-electron chi connectivity index (χ2n) is 7.21. The van der Waals surface area contributed by atoms with Gasteiger partial charge in [0.1, 0.15) is 5.75 Å². The molecule has 170 valence electrons. The summed E-state index contributed by atoms with van der Waals surface area (Å²) in [4.78, 5) is 39.0. The van der Waals surface area contributed by atoms with Crippen molar-refractivity contribution in [3.63, 3.8) is 0 Å². The number of ketones is 1. The fraction of sp³-hybridized carbons (Fsp3) is 0.208. The zero-order valence-electron chi connectivity index (χ0n) is 18.1. The largest absolute Gasteiger partial charge is 0.480 e. The first kappa shape index (κ1) is 22.8. The Hall–Kier alpha value is -3.43. The van der Waals surface area contributed by atoms with Gasteiger partial charge >= 0.3 is 5.97 Å². The number of rotatable bonds is 9. The Morgan fingerprint density at radius 1 is 1.06 bits per heavy atom. The lowest BCUT2D eigenvalue weighted by atomic mass is 9.93. The van der Waals surface area contributed by atoms with Crippen LogP contribution in [0, 0.1) is 0 Å². The van der Waals surface area contributed by atoms with E-state index in [9.17, 15) is 14.4 Å². The van der Waals surface area contributed by atoms with E-state index in [0.717, 1.165) is 21.0 Å². The van der Waals surface area contributed by atoms with Gasteiger partial charge in [0.2, 0.25) is 0 Å². The molecule has 0 saturated heterocycles. The van der Waals surface area contributed by atoms with Gasteiger partial charge in [0.15, 0.2) is 6.61 Å². The van der Waals surface area contributed by atoms with Gasteiger partial charge in [0, 0.05) is 21.6 Å². The normalized spacial score (nSPS) is 11.1. The number of hydrogen-bond donors (Lipinski definition) is 1. The molecule has 0 aliphatic carbocycles. The number of fused-ring (bicyclic) bond motifs is 1. The summed E-state index contributed by atoms with van der Waals surface area (Å²) in [6.45, 7) is 1.60. The van der Waals surface area contributed by atoms with Gasteiger partial charge in [-0.2, -0.15) is 0 Å². The van der Waals surface area contributed by atoms with Crippen molar-refractivity contribution < 1.29 is 23.9 Å². The maximum absolute atomic E-state index is 13.1. The highest BCUT2D eigenvalue weighted by atomic mass is 32.1. The van der Waals surface area contributed by atoms with Crippen molar-refractivity contribution in [3.8, 4) is 5.75 Å². The molecule has 0 aliphatic rings. The Morgan fingerprint density at radius 2 is 1.73 bits per heavy atom. The first-order chi connectivity index (χ1) is 16.0. The summed E-state index contributed by atoms with van der Waals surface area (Å²) in [6, 6.07) is 11.5. The van der Waals surface area contributed by atoms with Crippen molar-refractivity contribution in [2.24, 2.45) is 5.73 Å². The zero-order chi connectivity index (χ0) is 23.5. The van der Waals surface area contributed by atoms with E-state index >= 15 is 0 Å². The van der Waals surface area contributed by atoms with Gasteiger partial charge in [-0.25, -0.2) is 4.79 Å². The van der Waals surface area contributed by atoms with Gasteiger partial charge in [-0.1, -0.05) is 19.1 Å². The molecule has 4 aromatic heterocycles. The highest BCUT2D eigenvalue weighted by Crippen LogP contribution is 2.43. The third-order valence-corrected chi connectivity index (χ3v) is 7.25. The van der Waals surface area contributed by atoms with Crippen LogP contribution in [0.4, 0.5) is 0 Å². The minimum absolute atomic E-state index is 0.155. The molecule has 0 bridgehead atoms. The highest BCUT2D eigenvalue weighted by molar-refractivity contribution is 7.11. The molecule has 0 atom stereocenters. The van der Waals surface area contributed by atoms with Gasteiger partial charge in [-0.3, -0.25) is 9.59 Å². The number of nitrogens with zero attached hydrogens (tertiary/aromatic N) is 1. The summed E-state index contributed by atoms with van der Waals surface area (Å²) >= 11 is 3.24. The summed E-state index contributed by atoms with van der Waals surface area (Å²) < 4.78 is 12.3. The number of aromatic nitrogens is 1. The molecule has 7 nitrogen and oxygen atoms in total. The molecular formula is C24H22N2O5S2. The van der Waals surface area contributed by atoms with Gasteiger partial charge in [-0.15, -0.1) is 22.7 Å². The van der Waals surface area contributed by atoms with Crippen LogP contribution < -0.4 is 10.5 Å². The number of pyridine rings is 1. The Morgan fingerprint density at radius 3 is 2.24 bits per heavy atom. The maximum atomic E-state index is 13.1. The van der Waals surface area contributed by atoms with E-state index in [1.54, 1.807) is 34.8 Å². The van der Waals surface area contributed by atoms with E-state index in [0.29, 0.717) is 17.7 Å². The van der Waals surface area contributed by atoms with E-state index in [1.807, 2.05) is 40.4 Å². The van der Waals surface area contributed by atoms with Crippen LogP contribution in [0.3, 0.4) is 0 Å². The monoisotopic (exact) mass is 482 g/mol. The minimum Gasteiger partial charge on any atom is -0.480 e. The van der Waals surface area contributed by atoms with E-state index in [-0.39, 0.29) is 18.1 Å². The Labute approximate surface area is 198 Å². The summed E-state index contributed by atoms with van der Waals surface area (Å²) in [6.07, 6.45) is 2.33. The van der Waals surface area contributed by atoms with Crippen LogP contribution >= 0.6 is 22.7 Å². The van der Waals surface area contributed by atoms with E-state index in [2.05, 4.69) is 16.9 Å². The molecule has 1 amide bonds. The number of esters is 1. The molecule has 0 radical (unpaired) electrons. The Balaban J connectivity index is 2.05. The van der Waals surface area contributed by atoms with E-state index < -0.39 is 17.7 Å². The van der Waals surface area contributed by atoms with Crippen LogP contribution in [-0.4, -0.2) is 35.8 Å². The molecular weight excluding hydrogens is 460 g/mol. The molecule has 4 heterocycles. The maximum Gasteiger partial charge on any atom is 0.343 e. The quantitative estimate of drug-likeness (QED) is 0.221. The first-order valence-corrected chi connectivity index (χ1v) is 12.0. The number of carbonyl (C=O) groups excluding carboxylic acids is 3. The number of primary amides is 1. The second-order valence-corrected chi connectivity index (χ2v) is 9.16.